The zero-order valence-corrected chi connectivity index (χ0v) is 16.8. The number of hydrogen-bond acceptors (Lipinski definition) is 4. The minimum Gasteiger partial charge on any atom is -0.497 e. The van der Waals surface area contributed by atoms with Gasteiger partial charge in [0.1, 0.15) is 5.75 Å². The average Bonchev–Trinajstić information content (AvgIpc) is 2.57. The van der Waals surface area contributed by atoms with Crippen molar-refractivity contribution in [3.63, 3.8) is 0 Å². The van der Waals surface area contributed by atoms with Crippen molar-refractivity contribution in [1.29, 1.82) is 0 Å². The van der Waals surface area contributed by atoms with Crippen LogP contribution in [0.5, 0.6) is 5.75 Å². The fraction of sp³-hybridized carbons (Fsp3) is 0.300. The molecule has 6 heteroatoms. The van der Waals surface area contributed by atoms with Gasteiger partial charge in [-0.05, 0) is 56.1 Å². The van der Waals surface area contributed by atoms with Crippen molar-refractivity contribution in [2.24, 2.45) is 5.73 Å². The molecule has 1 unspecified atom stereocenters. The van der Waals surface area contributed by atoms with Crippen molar-refractivity contribution in [2.75, 3.05) is 33.1 Å². The Hall–Kier alpha value is -1.72. The fourth-order valence-electron chi connectivity index (χ4n) is 2.60. The Morgan fingerprint density at radius 3 is 2.46 bits per heavy atom. The molecule has 4 nitrogen and oxygen atoms in total. The second kappa shape index (κ2) is 9.83. The number of nitrogens with two attached hydrogens (primary N) is 1. The van der Waals surface area contributed by atoms with Gasteiger partial charge < -0.3 is 20.7 Å². The molecule has 0 aliphatic rings. The minimum atomic E-state index is -0.100. The molecule has 2 rings (SSSR count). The lowest BCUT2D eigenvalue weighted by Crippen LogP contribution is -2.32. The van der Waals surface area contributed by atoms with E-state index >= 15 is 0 Å². The third-order valence-electron chi connectivity index (χ3n) is 3.77. The second-order valence-corrected chi connectivity index (χ2v) is 7.24. The lowest BCUT2D eigenvalue weighted by Gasteiger charge is -2.18. The molecular formula is C20H25Cl2N3O. The van der Waals surface area contributed by atoms with Gasteiger partial charge in [-0.25, -0.2) is 0 Å². The van der Waals surface area contributed by atoms with E-state index in [4.69, 9.17) is 33.7 Å². The summed E-state index contributed by atoms with van der Waals surface area (Å²) in [6.45, 7) is 0.752. The SMILES string of the molecule is COc1ccc(C/C(=C/C(N)CN(C)C)Nc2ccc(Cl)cc2Cl)cc1. The van der Waals surface area contributed by atoms with Gasteiger partial charge in [0.25, 0.3) is 0 Å². The highest BCUT2D eigenvalue weighted by molar-refractivity contribution is 6.36. The molecule has 0 bridgehead atoms. The third-order valence-corrected chi connectivity index (χ3v) is 4.32. The van der Waals surface area contributed by atoms with E-state index in [2.05, 4.69) is 10.2 Å². The van der Waals surface area contributed by atoms with Crippen molar-refractivity contribution in [1.82, 2.24) is 4.90 Å². The third kappa shape index (κ3) is 6.54. The summed E-state index contributed by atoms with van der Waals surface area (Å²) in [6, 6.07) is 13.3. The summed E-state index contributed by atoms with van der Waals surface area (Å²) in [7, 11) is 5.66. The number of likely N-dealkylation sites (N-methyl/N-ethyl adjacent to an activating group) is 1. The Labute approximate surface area is 165 Å². The van der Waals surface area contributed by atoms with E-state index in [1.807, 2.05) is 50.5 Å². The van der Waals surface area contributed by atoms with E-state index in [-0.39, 0.29) is 6.04 Å². The van der Waals surface area contributed by atoms with E-state index in [0.29, 0.717) is 16.5 Å². The maximum atomic E-state index is 6.31. The summed E-state index contributed by atoms with van der Waals surface area (Å²) in [5, 5.41) is 4.57. The minimum absolute atomic E-state index is 0.100. The smallest absolute Gasteiger partial charge is 0.118 e. The van der Waals surface area contributed by atoms with Crippen LogP contribution in [0.3, 0.4) is 0 Å². The standard InChI is InChI=1S/C20H25Cl2N3O/c1-25(2)13-16(23)12-17(10-14-4-7-18(26-3)8-5-14)24-20-9-6-15(21)11-19(20)22/h4-9,11-12,16,24H,10,13,23H2,1-3H3/b17-12-. The maximum Gasteiger partial charge on any atom is 0.118 e. The largest absolute Gasteiger partial charge is 0.497 e. The van der Waals surface area contributed by atoms with Crippen molar-refractivity contribution >= 4 is 28.9 Å². The molecule has 0 heterocycles. The van der Waals surface area contributed by atoms with Crippen LogP contribution in [0.1, 0.15) is 5.56 Å². The molecule has 0 spiro atoms. The maximum absolute atomic E-state index is 6.31. The summed E-state index contributed by atoms with van der Waals surface area (Å²) in [6.07, 6.45) is 2.74. The van der Waals surface area contributed by atoms with Gasteiger partial charge in [-0.1, -0.05) is 35.3 Å². The van der Waals surface area contributed by atoms with Crippen LogP contribution in [0.15, 0.2) is 54.2 Å². The van der Waals surface area contributed by atoms with Gasteiger partial charge in [-0.2, -0.15) is 0 Å². The molecule has 3 N–H and O–H groups in total. The number of nitrogens with one attached hydrogen (secondary N) is 1. The molecule has 0 aliphatic carbocycles. The molecular weight excluding hydrogens is 369 g/mol. The molecule has 26 heavy (non-hydrogen) atoms. The number of nitrogens with zero attached hydrogens (tertiary/aromatic N) is 1. The van der Waals surface area contributed by atoms with Crippen molar-refractivity contribution in [2.45, 2.75) is 12.5 Å². The van der Waals surface area contributed by atoms with E-state index in [1.165, 1.54) is 0 Å². The van der Waals surface area contributed by atoms with Crippen molar-refractivity contribution < 1.29 is 4.74 Å². The summed E-state index contributed by atoms with van der Waals surface area (Å²) in [5.74, 6) is 0.831. The van der Waals surface area contributed by atoms with Crippen LogP contribution in [0.2, 0.25) is 10.0 Å². The predicted octanol–water partition coefficient (Wildman–Crippen LogP) is 4.43. The first-order chi connectivity index (χ1) is 12.4. The van der Waals surface area contributed by atoms with Crippen LogP contribution in [0.4, 0.5) is 5.69 Å². The number of ether oxygens (including phenoxy) is 1. The van der Waals surface area contributed by atoms with E-state index in [1.54, 1.807) is 19.2 Å². The summed E-state index contributed by atoms with van der Waals surface area (Å²) in [5.41, 5.74) is 9.18. The molecule has 0 saturated heterocycles. The van der Waals surface area contributed by atoms with Crippen molar-refractivity contribution in [3.8, 4) is 5.75 Å². The molecule has 2 aromatic carbocycles. The first kappa shape index (κ1) is 20.6. The number of halogens is 2. The molecule has 0 radical (unpaired) electrons. The van der Waals surface area contributed by atoms with Gasteiger partial charge in [0.2, 0.25) is 0 Å². The topological polar surface area (TPSA) is 50.5 Å². The fourth-order valence-corrected chi connectivity index (χ4v) is 3.06. The molecule has 1 atom stereocenters. The van der Waals surface area contributed by atoms with Gasteiger partial charge in [-0.15, -0.1) is 0 Å². The highest BCUT2D eigenvalue weighted by Crippen LogP contribution is 2.27. The van der Waals surface area contributed by atoms with Crippen LogP contribution in [-0.2, 0) is 6.42 Å². The molecule has 0 aliphatic heterocycles. The quantitative estimate of drug-likeness (QED) is 0.696. The molecule has 0 fully saturated rings. The normalized spacial score (nSPS) is 13.0. The van der Waals surface area contributed by atoms with Gasteiger partial charge in [0.05, 0.1) is 17.8 Å². The van der Waals surface area contributed by atoms with E-state index in [0.717, 1.165) is 29.2 Å². The monoisotopic (exact) mass is 393 g/mol. The Morgan fingerprint density at radius 1 is 1.19 bits per heavy atom. The average molecular weight is 394 g/mol. The van der Waals surface area contributed by atoms with Crippen LogP contribution in [-0.4, -0.2) is 38.7 Å². The van der Waals surface area contributed by atoms with Gasteiger partial charge in [0.15, 0.2) is 0 Å². The van der Waals surface area contributed by atoms with Crippen LogP contribution in [0, 0.1) is 0 Å². The summed E-state index contributed by atoms with van der Waals surface area (Å²) >= 11 is 12.3. The van der Waals surface area contributed by atoms with Gasteiger partial charge in [0, 0.05) is 29.7 Å². The molecule has 0 saturated carbocycles. The first-order valence-electron chi connectivity index (χ1n) is 8.33. The first-order valence-corrected chi connectivity index (χ1v) is 9.09. The highest BCUT2D eigenvalue weighted by atomic mass is 35.5. The number of hydrogen-bond donors (Lipinski definition) is 2. The molecule has 140 valence electrons. The Morgan fingerprint density at radius 2 is 1.88 bits per heavy atom. The van der Waals surface area contributed by atoms with E-state index < -0.39 is 0 Å². The molecule has 0 amide bonds. The van der Waals surface area contributed by atoms with Crippen LogP contribution < -0.4 is 15.8 Å². The van der Waals surface area contributed by atoms with Gasteiger partial charge in [-0.3, -0.25) is 0 Å². The second-order valence-electron chi connectivity index (χ2n) is 6.39. The molecule has 0 aromatic heterocycles. The molecule has 2 aromatic rings. The Kier molecular flexibility index (Phi) is 7.79. The van der Waals surface area contributed by atoms with Crippen LogP contribution >= 0.6 is 23.2 Å². The number of rotatable bonds is 8. The lowest BCUT2D eigenvalue weighted by molar-refractivity contribution is 0.394. The van der Waals surface area contributed by atoms with Gasteiger partial charge >= 0.3 is 0 Å². The van der Waals surface area contributed by atoms with Crippen molar-refractivity contribution in [3.05, 3.63) is 69.8 Å². The highest BCUT2D eigenvalue weighted by Gasteiger charge is 2.09. The summed E-state index contributed by atoms with van der Waals surface area (Å²) in [4.78, 5) is 2.06. The Balaban J connectivity index is 2.23. The number of anilines is 1. The number of benzene rings is 2. The number of allylic oxidation sites excluding steroid dienone is 1. The Bertz CT molecular complexity index is 745. The lowest BCUT2D eigenvalue weighted by atomic mass is 10.1. The van der Waals surface area contributed by atoms with E-state index in [9.17, 15) is 0 Å². The zero-order chi connectivity index (χ0) is 19.1. The summed E-state index contributed by atoms with van der Waals surface area (Å²) < 4.78 is 5.22. The predicted molar refractivity (Wildman–Crippen MR) is 111 cm³/mol. The number of methoxy groups -OCH3 is 1. The van der Waals surface area contributed by atoms with Crippen LogP contribution in [0.25, 0.3) is 0 Å². The zero-order valence-electron chi connectivity index (χ0n) is 15.3.